The van der Waals surface area contributed by atoms with Gasteiger partial charge in [-0.25, -0.2) is 4.39 Å². The van der Waals surface area contributed by atoms with Gasteiger partial charge < -0.3 is 10.6 Å². The van der Waals surface area contributed by atoms with Gasteiger partial charge in [0.1, 0.15) is 10.8 Å². The minimum atomic E-state index is -0.366. The molecule has 3 rings (SSSR count). The highest BCUT2D eigenvalue weighted by Gasteiger charge is 2.23. The number of rotatable bonds is 2. The summed E-state index contributed by atoms with van der Waals surface area (Å²) in [6, 6.07) is 13.1. The third kappa shape index (κ3) is 1.98. The van der Waals surface area contributed by atoms with Gasteiger partial charge in [0, 0.05) is 12.2 Å². The molecule has 2 nitrogen and oxygen atoms in total. The predicted octanol–water partition coefficient (Wildman–Crippen LogP) is 3.15. The number of nitrogens with zero attached hydrogens (tertiary/aromatic N) is 1. The number of thiocarbonyl (C=S) groups is 1. The third-order valence-corrected chi connectivity index (χ3v) is 3.62. The molecule has 2 aromatic carbocycles. The normalized spacial score (nSPS) is 13.4. The highest BCUT2D eigenvalue weighted by atomic mass is 32.1. The van der Waals surface area contributed by atoms with Gasteiger partial charge in [-0.15, -0.1) is 0 Å². The molecule has 0 unspecified atom stereocenters. The molecule has 0 aromatic heterocycles. The molecule has 1 aliphatic heterocycles. The van der Waals surface area contributed by atoms with Gasteiger partial charge in [-0.05, 0) is 30.2 Å². The number of benzene rings is 2. The zero-order chi connectivity index (χ0) is 13.4. The summed E-state index contributed by atoms with van der Waals surface area (Å²) in [7, 11) is 0. The van der Waals surface area contributed by atoms with E-state index in [-0.39, 0.29) is 10.8 Å². The van der Waals surface area contributed by atoms with Crippen LogP contribution >= 0.6 is 12.2 Å². The van der Waals surface area contributed by atoms with E-state index in [1.165, 1.54) is 11.6 Å². The van der Waals surface area contributed by atoms with Crippen molar-refractivity contribution in [1.29, 1.82) is 0 Å². The molecule has 1 aliphatic rings. The van der Waals surface area contributed by atoms with Crippen LogP contribution in [0.15, 0.2) is 42.5 Å². The van der Waals surface area contributed by atoms with Crippen molar-refractivity contribution in [2.75, 3.05) is 11.4 Å². The summed E-state index contributed by atoms with van der Waals surface area (Å²) in [5.41, 5.74) is 9.11. The minimum Gasteiger partial charge on any atom is -0.389 e. The van der Waals surface area contributed by atoms with E-state index in [1.54, 1.807) is 6.07 Å². The van der Waals surface area contributed by atoms with Gasteiger partial charge in [0.25, 0.3) is 0 Å². The number of para-hydroxylation sites is 1. The van der Waals surface area contributed by atoms with E-state index < -0.39 is 0 Å². The summed E-state index contributed by atoms with van der Waals surface area (Å²) in [6.45, 7) is 0.818. The number of fused-ring (bicyclic) bond motifs is 1. The summed E-state index contributed by atoms with van der Waals surface area (Å²) in [4.78, 5) is 2.17. The van der Waals surface area contributed by atoms with Crippen LogP contribution in [0.2, 0.25) is 0 Å². The fraction of sp³-hybridized carbons (Fsp3) is 0.133. The number of halogens is 1. The van der Waals surface area contributed by atoms with E-state index in [0.717, 1.165) is 24.3 Å². The molecule has 2 aromatic rings. The first-order valence-electron chi connectivity index (χ1n) is 6.12. The highest BCUT2D eigenvalue weighted by molar-refractivity contribution is 7.80. The Bertz CT molecular complexity index is 654. The lowest BCUT2D eigenvalue weighted by Crippen LogP contribution is -2.21. The molecule has 0 spiro atoms. The van der Waals surface area contributed by atoms with E-state index in [1.807, 2.05) is 24.3 Å². The van der Waals surface area contributed by atoms with E-state index in [0.29, 0.717) is 5.56 Å². The van der Waals surface area contributed by atoms with Crippen LogP contribution in [-0.4, -0.2) is 11.5 Å². The van der Waals surface area contributed by atoms with Crippen molar-refractivity contribution in [3.05, 3.63) is 59.4 Å². The van der Waals surface area contributed by atoms with Gasteiger partial charge >= 0.3 is 0 Å². The van der Waals surface area contributed by atoms with Crippen LogP contribution in [0.1, 0.15) is 11.1 Å². The van der Waals surface area contributed by atoms with Crippen molar-refractivity contribution in [3.63, 3.8) is 0 Å². The molecular weight excluding hydrogens is 259 g/mol. The van der Waals surface area contributed by atoms with Gasteiger partial charge in [-0.3, -0.25) is 0 Å². The van der Waals surface area contributed by atoms with Crippen LogP contribution in [0.25, 0.3) is 0 Å². The lowest BCUT2D eigenvalue weighted by atomic mass is 10.1. The monoisotopic (exact) mass is 272 g/mol. The largest absolute Gasteiger partial charge is 0.389 e. The first kappa shape index (κ1) is 12.1. The molecule has 4 heteroatoms. The smallest absolute Gasteiger partial charge is 0.135 e. The second-order valence-electron chi connectivity index (χ2n) is 4.53. The van der Waals surface area contributed by atoms with Crippen molar-refractivity contribution in [3.8, 4) is 0 Å². The standard InChI is InChI=1S/C15H13FN2S/c16-11-5-3-7-13(14(11)15(17)19)18-9-8-10-4-1-2-6-12(10)18/h1-7H,8-9H2,(H2,17,19). The number of hydrogen-bond acceptors (Lipinski definition) is 2. The summed E-state index contributed by atoms with van der Waals surface area (Å²) in [6.07, 6.45) is 0.948. The Morgan fingerprint density at radius 3 is 2.63 bits per heavy atom. The molecule has 2 N–H and O–H groups in total. The van der Waals surface area contributed by atoms with E-state index in [4.69, 9.17) is 18.0 Å². The summed E-state index contributed by atoms with van der Waals surface area (Å²) in [5.74, 6) is -0.366. The number of anilines is 2. The summed E-state index contributed by atoms with van der Waals surface area (Å²) >= 11 is 4.98. The maximum atomic E-state index is 13.9. The molecule has 0 saturated heterocycles. The molecule has 19 heavy (non-hydrogen) atoms. The molecule has 0 saturated carbocycles. The van der Waals surface area contributed by atoms with Gasteiger partial charge in [-0.2, -0.15) is 0 Å². The Morgan fingerprint density at radius 1 is 1.11 bits per heavy atom. The Labute approximate surface area is 116 Å². The fourth-order valence-electron chi connectivity index (χ4n) is 2.57. The molecular formula is C15H13FN2S. The molecule has 0 bridgehead atoms. The van der Waals surface area contributed by atoms with Crippen LogP contribution in [0.3, 0.4) is 0 Å². The van der Waals surface area contributed by atoms with E-state index in [9.17, 15) is 4.39 Å². The number of hydrogen-bond donors (Lipinski definition) is 1. The van der Waals surface area contributed by atoms with Crippen molar-refractivity contribution >= 4 is 28.6 Å². The second kappa shape index (κ2) is 4.63. The molecule has 1 heterocycles. The Balaban J connectivity index is 2.15. The molecule has 0 fully saturated rings. The van der Waals surface area contributed by atoms with Crippen LogP contribution in [0.4, 0.5) is 15.8 Å². The van der Waals surface area contributed by atoms with E-state index >= 15 is 0 Å². The Hall–Kier alpha value is -1.94. The average molecular weight is 272 g/mol. The molecule has 96 valence electrons. The fourth-order valence-corrected chi connectivity index (χ4v) is 2.77. The van der Waals surface area contributed by atoms with Gasteiger partial charge in [0.2, 0.25) is 0 Å². The number of nitrogens with two attached hydrogens (primary N) is 1. The minimum absolute atomic E-state index is 0.0949. The highest BCUT2D eigenvalue weighted by Crippen LogP contribution is 2.36. The van der Waals surface area contributed by atoms with Crippen LogP contribution < -0.4 is 10.6 Å². The molecule has 0 aliphatic carbocycles. The molecule has 0 radical (unpaired) electrons. The zero-order valence-electron chi connectivity index (χ0n) is 10.3. The Morgan fingerprint density at radius 2 is 1.84 bits per heavy atom. The summed E-state index contributed by atoms with van der Waals surface area (Å²) < 4.78 is 13.9. The van der Waals surface area contributed by atoms with Gasteiger partial charge in [0.05, 0.1) is 11.3 Å². The maximum Gasteiger partial charge on any atom is 0.135 e. The van der Waals surface area contributed by atoms with Crippen molar-refractivity contribution in [1.82, 2.24) is 0 Å². The molecule has 0 amide bonds. The van der Waals surface area contributed by atoms with E-state index in [2.05, 4.69) is 11.0 Å². The SMILES string of the molecule is NC(=S)c1c(F)cccc1N1CCc2ccccc21. The topological polar surface area (TPSA) is 29.3 Å². The first-order valence-corrected chi connectivity index (χ1v) is 6.53. The Kier molecular flexibility index (Phi) is 2.95. The quantitative estimate of drug-likeness (QED) is 0.852. The van der Waals surface area contributed by atoms with Crippen molar-refractivity contribution in [2.45, 2.75) is 6.42 Å². The van der Waals surface area contributed by atoms with Crippen molar-refractivity contribution in [2.24, 2.45) is 5.73 Å². The van der Waals surface area contributed by atoms with Crippen LogP contribution in [-0.2, 0) is 6.42 Å². The summed E-state index contributed by atoms with van der Waals surface area (Å²) in [5, 5.41) is 0. The van der Waals surface area contributed by atoms with Crippen molar-refractivity contribution < 1.29 is 4.39 Å². The average Bonchev–Trinajstić information content (AvgIpc) is 2.81. The van der Waals surface area contributed by atoms with Crippen LogP contribution in [0.5, 0.6) is 0 Å². The van der Waals surface area contributed by atoms with Crippen LogP contribution in [0, 0.1) is 5.82 Å². The zero-order valence-corrected chi connectivity index (χ0v) is 11.1. The molecule has 0 atom stereocenters. The first-order chi connectivity index (χ1) is 9.18. The lowest BCUT2D eigenvalue weighted by Gasteiger charge is -2.22. The third-order valence-electron chi connectivity index (χ3n) is 3.42. The lowest BCUT2D eigenvalue weighted by molar-refractivity contribution is 0.625. The van der Waals surface area contributed by atoms with Gasteiger partial charge in [0.15, 0.2) is 0 Å². The van der Waals surface area contributed by atoms with Gasteiger partial charge in [-0.1, -0.05) is 36.5 Å². The second-order valence-corrected chi connectivity index (χ2v) is 4.97. The maximum absolute atomic E-state index is 13.9. The predicted molar refractivity (Wildman–Crippen MR) is 79.4 cm³/mol.